The number of hydrogen-bond acceptors (Lipinski definition) is 3. The average molecular weight is 339 g/mol. The number of guanidine groups is 1. The first-order chi connectivity index (χ1) is 12.1. The van der Waals surface area contributed by atoms with Gasteiger partial charge in [0.05, 0.1) is 19.2 Å². The van der Waals surface area contributed by atoms with E-state index in [0.29, 0.717) is 25.7 Å². The van der Waals surface area contributed by atoms with E-state index in [1.165, 1.54) is 11.1 Å². The molecule has 1 unspecified atom stereocenters. The molecule has 3 rings (SSSR count). The van der Waals surface area contributed by atoms with Crippen molar-refractivity contribution in [1.82, 2.24) is 5.32 Å². The van der Waals surface area contributed by atoms with Crippen LogP contribution >= 0.6 is 0 Å². The molecule has 2 aromatic carbocycles. The van der Waals surface area contributed by atoms with Crippen LogP contribution in [-0.4, -0.2) is 25.7 Å². The van der Waals surface area contributed by atoms with Gasteiger partial charge in [-0.2, -0.15) is 0 Å². The van der Waals surface area contributed by atoms with Crippen LogP contribution < -0.4 is 20.5 Å². The Bertz CT molecular complexity index is 738. The highest BCUT2D eigenvalue weighted by Crippen LogP contribution is 2.31. The Morgan fingerprint density at radius 2 is 2.00 bits per heavy atom. The molecule has 0 fully saturated rings. The van der Waals surface area contributed by atoms with Crippen molar-refractivity contribution in [3.63, 3.8) is 0 Å². The van der Waals surface area contributed by atoms with Crippen LogP contribution in [0.3, 0.4) is 0 Å². The first kappa shape index (κ1) is 17.1. The minimum Gasteiger partial charge on any atom is -0.493 e. The summed E-state index contributed by atoms with van der Waals surface area (Å²) in [5.41, 5.74) is 9.54. The molecule has 1 aliphatic heterocycles. The number of aryl methyl sites for hydroxylation is 2. The lowest BCUT2D eigenvalue weighted by Crippen LogP contribution is -2.37. The maximum absolute atomic E-state index is 6.03. The first-order valence-corrected chi connectivity index (χ1v) is 8.61. The van der Waals surface area contributed by atoms with Gasteiger partial charge >= 0.3 is 0 Å². The Morgan fingerprint density at radius 3 is 2.80 bits per heavy atom. The van der Waals surface area contributed by atoms with Crippen LogP contribution in [-0.2, 0) is 0 Å². The number of para-hydroxylation sites is 1. The fourth-order valence-electron chi connectivity index (χ4n) is 3.06. The molecule has 5 heteroatoms. The number of benzene rings is 2. The summed E-state index contributed by atoms with van der Waals surface area (Å²) in [7, 11) is 0. The van der Waals surface area contributed by atoms with E-state index in [9.17, 15) is 0 Å². The van der Waals surface area contributed by atoms with Gasteiger partial charge in [-0.15, -0.1) is 0 Å². The molecule has 0 amide bonds. The lowest BCUT2D eigenvalue weighted by molar-refractivity contribution is 0.262. The molecule has 5 nitrogen and oxygen atoms in total. The molecule has 0 aliphatic carbocycles. The number of ether oxygens (including phenoxy) is 2. The monoisotopic (exact) mass is 339 g/mol. The summed E-state index contributed by atoms with van der Waals surface area (Å²) < 4.78 is 11.4. The molecule has 0 saturated carbocycles. The number of fused-ring (bicyclic) bond motifs is 1. The van der Waals surface area contributed by atoms with Crippen molar-refractivity contribution < 1.29 is 9.47 Å². The quantitative estimate of drug-likeness (QED) is 0.499. The second-order valence-corrected chi connectivity index (χ2v) is 6.31. The van der Waals surface area contributed by atoms with Crippen LogP contribution in [0, 0.1) is 13.8 Å². The Labute approximate surface area is 148 Å². The first-order valence-electron chi connectivity index (χ1n) is 8.61. The molecule has 1 heterocycles. The number of aliphatic imine (C=N–C) groups is 1. The minimum absolute atomic E-state index is 0.133. The molecule has 1 atom stereocenters. The third-order valence-corrected chi connectivity index (χ3v) is 4.12. The Kier molecular flexibility index (Phi) is 5.43. The highest BCUT2D eigenvalue weighted by atomic mass is 16.5. The molecule has 132 valence electrons. The topological polar surface area (TPSA) is 68.9 Å². The highest BCUT2D eigenvalue weighted by molar-refractivity contribution is 5.78. The highest BCUT2D eigenvalue weighted by Gasteiger charge is 2.21. The second-order valence-electron chi connectivity index (χ2n) is 6.31. The van der Waals surface area contributed by atoms with Crippen LogP contribution in [0.25, 0.3) is 0 Å². The van der Waals surface area contributed by atoms with Gasteiger partial charge in [-0.05, 0) is 43.2 Å². The molecule has 0 saturated heterocycles. The Morgan fingerprint density at radius 1 is 1.24 bits per heavy atom. The predicted molar refractivity (Wildman–Crippen MR) is 100 cm³/mol. The van der Waals surface area contributed by atoms with E-state index in [0.717, 1.165) is 23.5 Å². The van der Waals surface area contributed by atoms with Crippen molar-refractivity contribution in [3.8, 4) is 11.5 Å². The van der Waals surface area contributed by atoms with Crippen LogP contribution in [0.1, 0.15) is 29.2 Å². The van der Waals surface area contributed by atoms with Crippen LogP contribution in [0.15, 0.2) is 47.5 Å². The average Bonchev–Trinajstić information content (AvgIpc) is 2.58. The van der Waals surface area contributed by atoms with Gasteiger partial charge in [0.25, 0.3) is 0 Å². The smallest absolute Gasteiger partial charge is 0.189 e. The van der Waals surface area contributed by atoms with Crippen molar-refractivity contribution in [2.45, 2.75) is 26.3 Å². The van der Waals surface area contributed by atoms with E-state index >= 15 is 0 Å². The maximum Gasteiger partial charge on any atom is 0.189 e. The fourth-order valence-corrected chi connectivity index (χ4v) is 3.06. The molecule has 0 bridgehead atoms. The number of nitrogens with one attached hydrogen (secondary N) is 1. The van der Waals surface area contributed by atoms with E-state index in [2.05, 4.69) is 36.3 Å². The van der Waals surface area contributed by atoms with Crippen molar-refractivity contribution >= 4 is 5.96 Å². The normalized spacial score (nSPS) is 16.7. The summed E-state index contributed by atoms with van der Waals surface area (Å²) in [6, 6.07) is 14.3. The standard InChI is InChI=1S/C20H25N3O2/c1-14-11-15(2)13-16(12-14)24-10-8-22-20(21)23-18-7-9-25-19-6-4-3-5-17(18)19/h3-6,11-13,18H,7-10H2,1-2H3,(H3,21,22,23). The zero-order valence-electron chi connectivity index (χ0n) is 14.8. The fraction of sp³-hybridized carbons (Fsp3) is 0.350. The number of nitrogens with two attached hydrogens (primary N) is 1. The second kappa shape index (κ2) is 7.92. The van der Waals surface area contributed by atoms with E-state index in [1.54, 1.807) is 0 Å². The lowest BCUT2D eigenvalue weighted by atomic mass is 10.0. The third-order valence-electron chi connectivity index (χ3n) is 4.12. The van der Waals surface area contributed by atoms with E-state index in [-0.39, 0.29) is 6.04 Å². The minimum atomic E-state index is 0.133. The summed E-state index contributed by atoms with van der Waals surface area (Å²) >= 11 is 0. The van der Waals surface area contributed by atoms with Gasteiger partial charge in [0.1, 0.15) is 18.1 Å². The van der Waals surface area contributed by atoms with Crippen LogP contribution in [0.4, 0.5) is 0 Å². The van der Waals surface area contributed by atoms with Crippen molar-refractivity contribution in [1.29, 1.82) is 0 Å². The van der Waals surface area contributed by atoms with Gasteiger partial charge in [0, 0.05) is 12.0 Å². The predicted octanol–water partition coefficient (Wildman–Crippen LogP) is 3.11. The molecule has 0 radical (unpaired) electrons. The zero-order chi connectivity index (χ0) is 17.6. The SMILES string of the molecule is Cc1cc(C)cc(OCCN=C(N)NC2CCOc3ccccc32)c1. The Hall–Kier alpha value is -2.69. The summed E-state index contributed by atoms with van der Waals surface area (Å²) in [6.07, 6.45) is 0.867. The van der Waals surface area contributed by atoms with E-state index in [4.69, 9.17) is 15.2 Å². The van der Waals surface area contributed by atoms with Gasteiger partial charge < -0.3 is 20.5 Å². The van der Waals surface area contributed by atoms with Crippen LogP contribution in [0.2, 0.25) is 0 Å². The van der Waals surface area contributed by atoms with E-state index < -0.39 is 0 Å². The molecule has 2 aromatic rings. The zero-order valence-corrected chi connectivity index (χ0v) is 14.8. The number of hydrogen-bond donors (Lipinski definition) is 2. The van der Waals surface area contributed by atoms with Gasteiger partial charge in [0.15, 0.2) is 5.96 Å². The number of rotatable bonds is 5. The molecular formula is C20H25N3O2. The van der Waals surface area contributed by atoms with Gasteiger partial charge in [-0.3, -0.25) is 0 Å². The third kappa shape index (κ3) is 4.66. The van der Waals surface area contributed by atoms with Gasteiger partial charge in [0.2, 0.25) is 0 Å². The largest absolute Gasteiger partial charge is 0.493 e. The molecule has 0 aromatic heterocycles. The van der Waals surface area contributed by atoms with Crippen molar-refractivity contribution in [2.75, 3.05) is 19.8 Å². The molecule has 25 heavy (non-hydrogen) atoms. The van der Waals surface area contributed by atoms with Gasteiger partial charge in [-0.1, -0.05) is 24.3 Å². The molecule has 1 aliphatic rings. The molecule has 0 spiro atoms. The van der Waals surface area contributed by atoms with Crippen molar-refractivity contribution in [2.24, 2.45) is 10.7 Å². The summed E-state index contributed by atoms with van der Waals surface area (Å²) in [5.74, 6) is 2.22. The van der Waals surface area contributed by atoms with E-state index in [1.807, 2.05) is 30.3 Å². The summed E-state index contributed by atoms with van der Waals surface area (Å²) in [5, 5.41) is 3.28. The van der Waals surface area contributed by atoms with Crippen molar-refractivity contribution in [3.05, 3.63) is 59.2 Å². The summed E-state index contributed by atoms with van der Waals surface area (Å²) in [4.78, 5) is 4.37. The van der Waals surface area contributed by atoms with Crippen LogP contribution in [0.5, 0.6) is 11.5 Å². The van der Waals surface area contributed by atoms with Gasteiger partial charge in [-0.25, -0.2) is 4.99 Å². The number of nitrogens with zero attached hydrogens (tertiary/aromatic N) is 1. The Balaban J connectivity index is 1.51. The molecule has 3 N–H and O–H groups in total. The lowest BCUT2D eigenvalue weighted by Gasteiger charge is -2.26. The molecular weight excluding hydrogens is 314 g/mol. The maximum atomic E-state index is 6.03. The summed E-state index contributed by atoms with van der Waals surface area (Å²) in [6.45, 7) is 5.81.